The average Bonchev–Trinajstić information content (AvgIpc) is 3.28. The maximum atomic E-state index is 13.4. The highest BCUT2D eigenvalue weighted by Crippen LogP contribution is 2.28. The Morgan fingerprint density at radius 2 is 1.97 bits per heavy atom. The van der Waals surface area contributed by atoms with Gasteiger partial charge in [-0.2, -0.15) is 0 Å². The lowest BCUT2D eigenvalue weighted by atomic mass is 9.92. The third kappa shape index (κ3) is 5.04. The molecule has 172 valence electrons. The predicted octanol–water partition coefficient (Wildman–Crippen LogP) is 2.21. The number of amides is 2. The van der Waals surface area contributed by atoms with Gasteiger partial charge in [0, 0.05) is 25.9 Å². The molecule has 1 fully saturated rings. The number of aliphatic hydroxyl groups is 1. The van der Waals surface area contributed by atoms with Gasteiger partial charge in [0.05, 0.1) is 24.6 Å². The number of ether oxygens (including phenoxy) is 1. The summed E-state index contributed by atoms with van der Waals surface area (Å²) in [6, 6.07) is 7.62. The normalized spacial score (nSPS) is 26.6. The van der Waals surface area contributed by atoms with E-state index in [0.717, 1.165) is 24.0 Å². The number of allylic oxidation sites excluding steroid dienone is 2. The van der Waals surface area contributed by atoms with Crippen molar-refractivity contribution >= 4 is 17.8 Å². The first-order valence-electron chi connectivity index (χ1n) is 11.6. The summed E-state index contributed by atoms with van der Waals surface area (Å²) in [6.07, 6.45) is 7.58. The summed E-state index contributed by atoms with van der Waals surface area (Å²) in [4.78, 5) is 42.2. The number of hydrogen-bond acceptors (Lipinski definition) is 5. The molecular weight excluding hydrogens is 408 g/mol. The fourth-order valence-corrected chi connectivity index (χ4v) is 5.02. The minimum absolute atomic E-state index is 0.0416. The van der Waals surface area contributed by atoms with Crippen molar-refractivity contribution in [2.24, 2.45) is 5.92 Å². The van der Waals surface area contributed by atoms with Gasteiger partial charge in [-0.15, -0.1) is 0 Å². The van der Waals surface area contributed by atoms with Gasteiger partial charge in [0.1, 0.15) is 6.61 Å². The lowest BCUT2D eigenvalue weighted by Crippen LogP contribution is -2.48. The van der Waals surface area contributed by atoms with Crippen LogP contribution < -0.4 is 0 Å². The van der Waals surface area contributed by atoms with E-state index >= 15 is 0 Å². The second kappa shape index (κ2) is 10.3. The lowest BCUT2D eigenvalue weighted by molar-refractivity contribution is -0.149. The van der Waals surface area contributed by atoms with E-state index in [1.54, 1.807) is 9.80 Å². The molecule has 7 heteroatoms. The first kappa shape index (κ1) is 22.5. The highest BCUT2D eigenvalue weighted by Gasteiger charge is 2.36. The smallest absolute Gasteiger partial charge is 0.306 e. The Hall–Kier alpha value is -2.67. The van der Waals surface area contributed by atoms with E-state index in [0.29, 0.717) is 38.8 Å². The fraction of sp³-hybridized carbons (Fsp3) is 0.560. The van der Waals surface area contributed by atoms with Crippen LogP contribution in [-0.2, 0) is 32.1 Å². The van der Waals surface area contributed by atoms with Crippen molar-refractivity contribution in [2.45, 2.75) is 63.6 Å². The molecule has 2 amide bonds. The summed E-state index contributed by atoms with van der Waals surface area (Å²) in [5.41, 5.74) is 2.26. The maximum Gasteiger partial charge on any atom is 0.306 e. The van der Waals surface area contributed by atoms with Gasteiger partial charge in [0.15, 0.2) is 0 Å². The molecule has 1 saturated heterocycles. The monoisotopic (exact) mass is 440 g/mol. The van der Waals surface area contributed by atoms with E-state index in [-0.39, 0.29) is 49.5 Å². The van der Waals surface area contributed by atoms with Gasteiger partial charge in [-0.3, -0.25) is 14.4 Å². The molecule has 7 nitrogen and oxygen atoms in total. The zero-order chi connectivity index (χ0) is 22.5. The fourth-order valence-electron chi connectivity index (χ4n) is 5.02. The van der Waals surface area contributed by atoms with Crippen LogP contribution in [0.2, 0.25) is 0 Å². The number of aliphatic hydroxyl groups excluding tert-OH is 1. The second-order valence-corrected chi connectivity index (χ2v) is 8.99. The van der Waals surface area contributed by atoms with Crippen LogP contribution >= 0.6 is 0 Å². The predicted molar refractivity (Wildman–Crippen MR) is 118 cm³/mol. The van der Waals surface area contributed by atoms with Crippen molar-refractivity contribution in [1.29, 1.82) is 0 Å². The quantitative estimate of drug-likeness (QED) is 0.575. The molecule has 0 saturated carbocycles. The van der Waals surface area contributed by atoms with Crippen LogP contribution in [0.3, 0.4) is 0 Å². The van der Waals surface area contributed by atoms with Gasteiger partial charge in [0.25, 0.3) is 0 Å². The summed E-state index contributed by atoms with van der Waals surface area (Å²) >= 11 is 0. The lowest BCUT2D eigenvalue weighted by Gasteiger charge is -2.37. The standard InChI is InChI=1S/C25H32N2O5/c28-16-22-13-18-7-4-5-9-20(18)15-27(22)23(29)14-19-8-2-1-3-11-24(30)32-17-21-10-6-12-26(21)25(19)31/h1-2,4-5,7,9,19,21-22,28H,3,6,8,10-17H2. The number of cyclic esters (lactones) is 1. The SMILES string of the molecule is O=C1CCC=CCC(CC(=O)N2Cc3ccccc3CC2CO)C(=O)N2CCCC2CO1. The van der Waals surface area contributed by atoms with Crippen LogP contribution in [0.5, 0.6) is 0 Å². The molecule has 3 atom stereocenters. The third-order valence-corrected chi connectivity index (χ3v) is 6.86. The van der Waals surface area contributed by atoms with E-state index in [2.05, 4.69) is 0 Å². The van der Waals surface area contributed by atoms with Crippen molar-refractivity contribution in [1.82, 2.24) is 9.80 Å². The van der Waals surface area contributed by atoms with E-state index in [4.69, 9.17) is 4.74 Å². The van der Waals surface area contributed by atoms with Gasteiger partial charge in [-0.1, -0.05) is 36.4 Å². The molecule has 1 aromatic rings. The Kier molecular flexibility index (Phi) is 7.25. The Morgan fingerprint density at radius 3 is 2.78 bits per heavy atom. The van der Waals surface area contributed by atoms with Crippen molar-refractivity contribution in [3.05, 3.63) is 47.5 Å². The van der Waals surface area contributed by atoms with Gasteiger partial charge in [0.2, 0.25) is 11.8 Å². The third-order valence-electron chi connectivity index (χ3n) is 6.86. The summed E-state index contributed by atoms with van der Waals surface area (Å²) in [6.45, 7) is 1.22. The molecule has 3 aliphatic rings. The molecule has 0 spiro atoms. The summed E-state index contributed by atoms with van der Waals surface area (Å²) in [5.74, 6) is -0.827. The Morgan fingerprint density at radius 1 is 1.16 bits per heavy atom. The number of carbonyl (C=O) groups excluding carboxylic acids is 3. The number of benzene rings is 1. The molecule has 32 heavy (non-hydrogen) atoms. The zero-order valence-corrected chi connectivity index (χ0v) is 18.4. The van der Waals surface area contributed by atoms with Crippen LogP contribution in [0.1, 0.15) is 49.7 Å². The van der Waals surface area contributed by atoms with Gasteiger partial charge in [-0.25, -0.2) is 0 Å². The molecule has 1 N–H and O–H groups in total. The zero-order valence-electron chi connectivity index (χ0n) is 18.4. The molecule has 4 rings (SSSR count). The summed E-state index contributed by atoms with van der Waals surface area (Å²) in [7, 11) is 0. The molecule has 0 aliphatic carbocycles. The van der Waals surface area contributed by atoms with Crippen molar-refractivity contribution in [3.8, 4) is 0 Å². The second-order valence-electron chi connectivity index (χ2n) is 8.99. The van der Waals surface area contributed by atoms with Crippen LogP contribution in [0, 0.1) is 5.92 Å². The number of hydrogen-bond donors (Lipinski definition) is 1. The van der Waals surface area contributed by atoms with Gasteiger partial charge < -0.3 is 19.6 Å². The highest BCUT2D eigenvalue weighted by atomic mass is 16.5. The first-order chi connectivity index (χ1) is 15.6. The minimum Gasteiger partial charge on any atom is -0.463 e. The maximum absolute atomic E-state index is 13.4. The summed E-state index contributed by atoms with van der Waals surface area (Å²) in [5, 5.41) is 9.93. The Balaban J connectivity index is 1.51. The van der Waals surface area contributed by atoms with E-state index in [1.807, 2.05) is 36.4 Å². The molecule has 0 bridgehead atoms. The van der Waals surface area contributed by atoms with Crippen LogP contribution in [0.4, 0.5) is 0 Å². The van der Waals surface area contributed by atoms with E-state index < -0.39 is 5.92 Å². The average molecular weight is 441 g/mol. The van der Waals surface area contributed by atoms with Gasteiger partial charge in [-0.05, 0) is 43.2 Å². The van der Waals surface area contributed by atoms with E-state index in [9.17, 15) is 19.5 Å². The number of fused-ring (bicyclic) bond motifs is 2. The number of rotatable bonds is 3. The molecule has 3 aliphatic heterocycles. The largest absolute Gasteiger partial charge is 0.463 e. The van der Waals surface area contributed by atoms with Crippen LogP contribution in [-0.4, -0.2) is 64.5 Å². The highest BCUT2D eigenvalue weighted by molar-refractivity contribution is 5.86. The number of carbonyl (C=O) groups is 3. The van der Waals surface area contributed by atoms with Gasteiger partial charge >= 0.3 is 5.97 Å². The topological polar surface area (TPSA) is 87.2 Å². The molecule has 0 radical (unpaired) electrons. The molecular formula is C25H32N2O5. The van der Waals surface area contributed by atoms with Crippen molar-refractivity contribution in [2.75, 3.05) is 19.8 Å². The molecule has 1 aromatic carbocycles. The Labute approximate surface area is 189 Å². The minimum atomic E-state index is -0.453. The van der Waals surface area contributed by atoms with Crippen molar-refractivity contribution in [3.63, 3.8) is 0 Å². The molecule has 3 unspecified atom stereocenters. The first-order valence-corrected chi connectivity index (χ1v) is 11.6. The van der Waals surface area contributed by atoms with Crippen molar-refractivity contribution < 1.29 is 24.2 Å². The Bertz CT molecular complexity index is 883. The van der Waals surface area contributed by atoms with E-state index in [1.165, 1.54) is 0 Å². The molecule has 0 aromatic heterocycles. The van der Waals surface area contributed by atoms with Crippen LogP contribution in [0.15, 0.2) is 36.4 Å². The molecule has 3 heterocycles. The number of nitrogens with zero attached hydrogens (tertiary/aromatic N) is 2. The number of esters is 1. The summed E-state index contributed by atoms with van der Waals surface area (Å²) < 4.78 is 5.38. The van der Waals surface area contributed by atoms with Crippen LogP contribution in [0.25, 0.3) is 0 Å².